The summed E-state index contributed by atoms with van der Waals surface area (Å²) in [5, 5.41) is 9.74. The van der Waals surface area contributed by atoms with Gasteiger partial charge in [0, 0.05) is 12.8 Å². The van der Waals surface area contributed by atoms with Crippen molar-refractivity contribution in [3.8, 4) is 0 Å². The van der Waals surface area contributed by atoms with E-state index in [1.165, 1.54) is 57.8 Å². The first-order chi connectivity index (χ1) is 27.2. The molecular formula is C41H74O14P2. The Hall–Kier alpha value is -1.70. The van der Waals surface area contributed by atoms with Crippen LogP contribution in [0.4, 0.5) is 0 Å². The second-order valence-corrected chi connectivity index (χ2v) is 17.8. The summed E-state index contributed by atoms with van der Waals surface area (Å²) >= 11 is 0. The summed E-state index contributed by atoms with van der Waals surface area (Å²) in [4.78, 5) is 52.7. The number of hydrogen-bond donors (Lipinski definition) is 4. The van der Waals surface area contributed by atoms with Gasteiger partial charge in [-0.1, -0.05) is 128 Å². The van der Waals surface area contributed by atoms with E-state index in [0.717, 1.165) is 50.9 Å². The van der Waals surface area contributed by atoms with Gasteiger partial charge >= 0.3 is 27.6 Å². The number of carbonyl (C=O) groups is 2. The zero-order chi connectivity index (χ0) is 42.2. The molecule has 14 nitrogen and oxygen atoms in total. The van der Waals surface area contributed by atoms with Crippen molar-refractivity contribution in [2.45, 2.75) is 180 Å². The van der Waals surface area contributed by atoms with Crippen LogP contribution in [0.1, 0.15) is 156 Å². The number of esters is 2. The van der Waals surface area contributed by atoms with Crippen molar-refractivity contribution in [3.63, 3.8) is 0 Å². The topological polar surface area (TPSA) is 208 Å². The van der Waals surface area contributed by atoms with E-state index < -0.39 is 66.2 Å². The predicted octanol–water partition coefficient (Wildman–Crippen LogP) is 9.35. The van der Waals surface area contributed by atoms with Crippen molar-refractivity contribution in [2.24, 2.45) is 5.92 Å². The fourth-order valence-corrected chi connectivity index (χ4v) is 6.95. The highest BCUT2D eigenvalue weighted by Gasteiger charge is 2.37. The molecule has 0 aliphatic carbocycles. The van der Waals surface area contributed by atoms with E-state index in [1.807, 2.05) is 0 Å². The molecule has 16 heteroatoms. The van der Waals surface area contributed by atoms with Gasteiger partial charge in [0.05, 0.1) is 32.0 Å². The van der Waals surface area contributed by atoms with E-state index in [4.69, 9.17) is 28.5 Å². The van der Waals surface area contributed by atoms with Gasteiger partial charge in [-0.05, 0) is 57.3 Å². The molecule has 0 radical (unpaired) electrons. The maximum absolute atomic E-state index is 12.7. The molecule has 0 bridgehead atoms. The quantitative estimate of drug-likeness (QED) is 0.0150. The van der Waals surface area contributed by atoms with Crippen molar-refractivity contribution in [1.29, 1.82) is 0 Å². The Morgan fingerprint density at radius 1 is 0.667 bits per heavy atom. The summed E-state index contributed by atoms with van der Waals surface area (Å²) in [6.07, 6.45) is 30.3. The molecule has 3 unspecified atom stereocenters. The third-order valence-electron chi connectivity index (χ3n) is 9.12. The van der Waals surface area contributed by atoms with Crippen LogP contribution in [0.5, 0.6) is 0 Å². The number of aliphatic hydroxyl groups excluding tert-OH is 1. The third kappa shape index (κ3) is 34.8. The molecule has 0 spiro atoms. The predicted molar refractivity (Wildman–Crippen MR) is 220 cm³/mol. The number of rotatable bonds is 38. The van der Waals surface area contributed by atoms with Crippen LogP contribution >= 0.6 is 15.6 Å². The second kappa shape index (κ2) is 33.1. The number of unbranched alkanes of at least 4 members (excludes halogenated alkanes) is 11. The summed E-state index contributed by atoms with van der Waals surface area (Å²) in [6, 6.07) is 0. The first-order valence-electron chi connectivity index (χ1n) is 21.2. The maximum atomic E-state index is 12.7. The number of aliphatic hydroxyl groups is 1. The van der Waals surface area contributed by atoms with Crippen molar-refractivity contribution >= 4 is 27.6 Å². The third-order valence-corrected chi connectivity index (χ3v) is 10.6. The van der Waals surface area contributed by atoms with Gasteiger partial charge in [0.1, 0.15) is 12.7 Å². The molecule has 0 aromatic carbocycles. The smallest absolute Gasteiger partial charge is 0.462 e. The van der Waals surface area contributed by atoms with Crippen LogP contribution in [0, 0.1) is 5.92 Å². The Balaban J connectivity index is 2.43. The van der Waals surface area contributed by atoms with Gasteiger partial charge < -0.3 is 34.0 Å². The van der Waals surface area contributed by atoms with Crippen LogP contribution in [0.3, 0.4) is 0 Å². The summed E-state index contributed by atoms with van der Waals surface area (Å²) in [5.74, 6) is -0.353. The van der Waals surface area contributed by atoms with Crippen LogP contribution in [-0.4, -0.2) is 82.6 Å². The Labute approximate surface area is 342 Å². The summed E-state index contributed by atoms with van der Waals surface area (Å²) < 4.78 is 53.5. The van der Waals surface area contributed by atoms with Gasteiger partial charge in [0.2, 0.25) is 0 Å². The van der Waals surface area contributed by atoms with E-state index in [9.17, 15) is 28.7 Å². The molecule has 1 heterocycles. The SMILES string of the molecule is CCCCC/C=C\C/C=C\C/C=C\CC1OC1CCCC(=O)O[C@H](COC(=O)CCCCCCCCCCCC(C)C)COP(=O)(O)OC[C@@H](O)COP(=O)(O)O. The zero-order valence-corrected chi connectivity index (χ0v) is 36.6. The van der Waals surface area contributed by atoms with Crippen LogP contribution in [0.25, 0.3) is 0 Å². The number of phosphoric acid groups is 2. The lowest BCUT2D eigenvalue weighted by Gasteiger charge is -2.20. The van der Waals surface area contributed by atoms with Crippen LogP contribution in [0.2, 0.25) is 0 Å². The molecule has 0 aromatic rings. The molecule has 0 amide bonds. The van der Waals surface area contributed by atoms with E-state index >= 15 is 0 Å². The molecule has 0 saturated carbocycles. The average Bonchev–Trinajstić information content (AvgIpc) is 3.90. The first-order valence-corrected chi connectivity index (χ1v) is 24.2. The lowest BCUT2D eigenvalue weighted by molar-refractivity contribution is -0.161. The minimum atomic E-state index is -4.87. The molecule has 1 rings (SSSR count). The zero-order valence-electron chi connectivity index (χ0n) is 34.8. The molecule has 1 aliphatic rings. The van der Waals surface area contributed by atoms with E-state index in [1.54, 1.807) is 0 Å². The molecule has 57 heavy (non-hydrogen) atoms. The van der Waals surface area contributed by atoms with Crippen LogP contribution in [-0.2, 0) is 46.5 Å². The molecule has 5 atom stereocenters. The van der Waals surface area contributed by atoms with Gasteiger partial charge in [-0.3, -0.25) is 23.2 Å². The Morgan fingerprint density at radius 3 is 1.89 bits per heavy atom. The summed E-state index contributed by atoms with van der Waals surface area (Å²) in [7, 11) is -9.70. The number of phosphoric ester groups is 2. The van der Waals surface area contributed by atoms with Crippen LogP contribution < -0.4 is 0 Å². The standard InChI is InChI=1S/C41H74O14P2/c1-4-5-6-7-8-9-10-11-14-17-20-23-27-38-39(55-38)28-25-30-41(44)54-37(34-53-57(48,49)52-32-36(42)31-51-56(45,46)47)33-50-40(43)29-24-21-18-15-12-13-16-19-22-26-35(2)3/h8-9,11,14,20,23,35-39,42H,4-7,10,12-13,15-19,21-22,24-34H2,1-3H3,(H,48,49)(H2,45,46,47)/b9-8-,14-11-,23-20-/t36-,37+,38?,39?/m0/s1. The van der Waals surface area contributed by atoms with E-state index in [2.05, 4.69) is 66.3 Å². The van der Waals surface area contributed by atoms with E-state index in [0.29, 0.717) is 19.3 Å². The normalized spacial score (nSPS) is 18.1. The first kappa shape index (κ1) is 53.3. The highest BCUT2D eigenvalue weighted by atomic mass is 31.2. The summed E-state index contributed by atoms with van der Waals surface area (Å²) in [5.41, 5.74) is 0. The number of allylic oxidation sites excluding steroid dienone is 5. The minimum absolute atomic E-state index is 0.0434. The van der Waals surface area contributed by atoms with Crippen molar-refractivity contribution < 1.29 is 66.3 Å². The van der Waals surface area contributed by atoms with Crippen molar-refractivity contribution in [3.05, 3.63) is 36.5 Å². The minimum Gasteiger partial charge on any atom is -0.462 e. The Bertz CT molecular complexity index is 1230. The van der Waals surface area contributed by atoms with Gasteiger partial charge in [-0.15, -0.1) is 0 Å². The molecule has 332 valence electrons. The number of hydrogen-bond acceptors (Lipinski definition) is 11. The largest absolute Gasteiger partial charge is 0.472 e. The fraction of sp³-hybridized carbons (Fsp3) is 0.805. The second-order valence-electron chi connectivity index (χ2n) is 15.1. The number of ether oxygens (including phenoxy) is 3. The molecular weight excluding hydrogens is 778 g/mol. The average molecular weight is 853 g/mol. The van der Waals surface area contributed by atoms with Crippen molar-refractivity contribution in [1.82, 2.24) is 0 Å². The fourth-order valence-electron chi connectivity index (χ4n) is 5.79. The number of epoxide rings is 1. The van der Waals surface area contributed by atoms with Crippen molar-refractivity contribution in [2.75, 3.05) is 26.4 Å². The molecule has 1 saturated heterocycles. The van der Waals surface area contributed by atoms with E-state index in [-0.39, 0.29) is 25.0 Å². The molecule has 1 fully saturated rings. The summed E-state index contributed by atoms with van der Waals surface area (Å²) in [6.45, 7) is 3.92. The lowest BCUT2D eigenvalue weighted by atomic mass is 10.0. The van der Waals surface area contributed by atoms with Gasteiger partial charge in [0.15, 0.2) is 6.10 Å². The number of carbonyl (C=O) groups excluding carboxylic acids is 2. The van der Waals surface area contributed by atoms with Gasteiger partial charge in [-0.2, -0.15) is 0 Å². The highest BCUT2D eigenvalue weighted by molar-refractivity contribution is 7.47. The lowest BCUT2D eigenvalue weighted by Crippen LogP contribution is -2.30. The van der Waals surface area contributed by atoms with Gasteiger partial charge in [-0.25, -0.2) is 9.13 Å². The monoisotopic (exact) mass is 852 g/mol. The molecule has 4 N–H and O–H groups in total. The molecule has 0 aromatic heterocycles. The maximum Gasteiger partial charge on any atom is 0.472 e. The van der Waals surface area contributed by atoms with Gasteiger partial charge in [0.25, 0.3) is 0 Å². The highest BCUT2D eigenvalue weighted by Crippen LogP contribution is 2.44. The Kier molecular flexibility index (Phi) is 30.9. The van der Waals surface area contributed by atoms with Crippen LogP contribution in [0.15, 0.2) is 36.5 Å². The molecule has 1 aliphatic heterocycles. The Morgan fingerprint density at radius 2 is 1.25 bits per heavy atom.